The van der Waals surface area contributed by atoms with Crippen molar-refractivity contribution in [2.24, 2.45) is 5.73 Å². The second kappa shape index (κ2) is 13.3. The van der Waals surface area contributed by atoms with Gasteiger partial charge in [-0.1, -0.05) is 18.2 Å². The molecule has 2 aromatic rings. The maximum Gasteiger partial charge on any atom is 0.243 e. The third-order valence-corrected chi connectivity index (χ3v) is 7.24. The van der Waals surface area contributed by atoms with Crippen LogP contribution in [0.3, 0.4) is 0 Å². The first-order valence-corrected chi connectivity index (χ1v) is 13.1. The molecule has 38 heavy (non-hydrogen) atoms. The summed E-state index contributed by atoms with van der Waals surface area (Å²) in [6, 6.07) is 9.43. The molecule has 3 atom stereocenters. The number of nitrogen functional groups attached to an aromatic ring is 1. The van der Waals surface area contributed by atoms with E-state index in [4.69, 9.17) is 20.6 Å². The van der Waals surface area contributed by atoms with Crippen LogP contribution in [-0.4, -0.2) is 73.6 Å². The summed E-state index contributed by atoms with van der Waals surface area (Å²) in [4.78, 5) is 40.3. The van der Waals surface area contributed by atoms with Crippen LogP contribution < -0.4 is 21.1 Å². The number of likely N-dealkylation sites (tertiary alicyclic amines) is 1. The number of thiophene rings is 1. The molecule has 0 spiro atoms. The predicted molar refractivity (Wildman–Crippen MR) is 142 cm³/mol. The Balaban J connectivity index is 1.54. The Bertz CT molecular complexity index is 1130. The van der Waals surface area contributed by atoms with Gasteiger partial charge in [0, 0.05) is 35.8 Å². The largest absolute Gasteiger partial charge is 0.494 e. The highest BCUT2D eigenvalue weighted by Crippen LogP contribution is 2.32. The smallest absolute Gasteiger partial charge is 0.243 e. The molecule has 3 rings (SSSR count). The maximum absolute atomic E-state index is 15.4. The summed E-state index contributed by atoms with van der Waals surface area (Å²) in [6.07, 6.45) is 0.386. The number of rotatable bonds is 13. The van der Waals surface area contributed by atoms with Crippen molar-refractivity contribution in [1.82, 2.24) is 15.5 Å². The third-order valence-electron chi connectivity index (χ3n) is 6.13. The number of alkyl halides is 1. The van der Waals surface area contributed by atoms with Crippen LogP contribution in [0, 0.1) is 5.41 Å². The highest BCUT2D eigenvalue weighted by atomic mass is 32.1. The van der Waals surface area contributed by atoms with Gasteiger partial charge in [0.05, 0.1) is 32.3 Å². The van der Waals surface area contributed by atoms with Crippen LogP contribution in [0.1, 0.15) is 42.7 Å². The number of hydrogen-bond acceptors (Lipinski definition) is 7. The van der Waals surface area contributed by atoms with E-state index in [2.05, 4.69) is 10.6 Å². The van der Waals surface area contributed by atoms with Crippen molar-refractivity contribution in [2.45, 2.75) is 43.9 Å². The average Bonchev–Trinajstić information content (AvgIpc) is 3.52. The van der Waals surface area contributed by atoms with Crippen LogP contribution in [0.2, 0.25) is 0 Å². The molecule has 1 aliphatic heterocycles. The number of amidine groups is 1. The van der Waals surface area contributed by atoms with E-state index < -0.39 is 29.6 Å². The Morgan fingerprint density at radius 3 is 2.71 bits per heavy atom. The van der Waals surface area contributed by atoms with Gasteiger partial charge < -0.3 is 30.7 Å². The van der Waals surface area contributed by atoms with Crippen molar-refractivity contribution in [3.63, 3.8) is 0 Å². The fourth-order valence-electron chi connectivity index (χ4n) is 4.20. The number of halogens is 1. The Morgan fingerprint density at radius 1 is 1.32 bits per heavy atom. The zero-order chi connectivity index (χ0) is 27.7. The molecule has 1 aromatic carbocycles. The number of ether oxygens (including phenoxy) is 2. The molecule has 0 unspecified atom stereocenters. The zero-order valence-electron chi connectivity index (χ0n) is 21.5. The Hall–Kier alpha value is -3.51. The molecule has 2 heterocycles. The Morgan fingerprint density at radius 2 is 2.05 bits per heavy atom. The van der Waals surface area contributed by atoms with E-state index in [1.807, 2.05) is 30.3 Å². The number of benzene rings is 1. The number of carbonyl (C=O) groups is 3. The van der Waals surface area contributed by atoms with E-state index >= 15 is 4.39 Å². The van der Waals surface area contributed by atoms with Gasteiger partial charge in [-0.3, -0.25) is 19.8 Å². The number of nitrogens with zero attached hydrogens (tertiary/aromatic N) is 1. The monoisotopic (exact) mass is 547 g/mol. The van der Waals surface area contributed by atoms with Gasteiger partial charge in [0.25, 0.3) is 0 Å². The van der Waals surface area contributed by atoms with Crippen molar-refractivity contribution in [1.29, 1.82) is 5.41 Å². The Labute approximate surface area is 225 Å². The minimum absolute atomic E-state index is 0.0777. The molecule has 1 aromatic heterocycles. The number of nitrogens with two attached hydrogens (primary N) is 1. The number of para-hydroxylation sites is 1. The summed E-state index contributed by atoms with van der Waals surface area (Å²) >= 11 is 1.34. The van der Waals surface area contributed by atoms with E-state index in [1.54, 1.807) is 18.4 Å². The first-order valence-electron chi connectivity index (χ1n) is 12.3. The van der Waals surface area contributed by atoms with E-state index in [1.165, 1.54) is 18.4 Å². The first kappa shape index (κ1) is 29.1. The van der Waals surface area contributed by atoms with Gasteiger partial charge in [-0.2, -0.15) is 0 Å². The summed E-state index contributed by atoms with van der Waals surface area (Å²) in [6.45, 7) is 1.16. The van der Waals surface area contributed by atoms with Crippen molar-refractivity contribution in [3.8, 4) is 5.75 Å². The standard InChI is InChI=1S/C26H34FN5O5S/c1-17(21-11-18(14-38-21)24(28)29)31-25(35)20-12-26(27,16-36-2)15-32(20)23(34)13-30-22(33)9-6-10-37-19-7-4-3-5-8-19/h3-5,7-8,11,14,17,20H,6,9-10,12-13,15-16H2,1-2H3,(H3,28,29)(H,30,33)(H,31,35)/t17-,20+,26-/m1/s1. The minimum Gasteiger partial charge on any atom is -0.494 e. The van der Waals surface area contributed by atoms with E-state index in [-0.39, 0.29) is 44.3 Å². The summed E-state index contributed by atoms with van der Waals surface area (Å²) < 4.78 is 25.9. The predicted octanol–water partition coefficient (Wildman–Crippen LogP) is 2.14. The lowest BCUT2D eigenvalue weighted by Gasteiger charge is -2.25. The summed E-state index contributed by atoms with van der Waals surface area (Å²) in [7, 11) is 1.36. The molecule has 1 saturated heterocycles. The molecule has 0 bridgehead atoms. The lowest BCUT2D eigenvalue weighted by Crippen LogP contribution is -2.49. The van der Waals surface area contributed by atoms with Crippen LogP contribution >= 0.6 is 11.3 Å². The molecule has 1 fully saturated rings. The van der Waals surface area contributed by atoms with Crippen LogP contribution in [0.4, 0.5) is 4.39 Å². The zero-order valence-corrected chi connectivity index (χ0v) is 22.3. The maximum atomic E-state index is 15.4. The highest BCUT2D eigenvalue weighted by molar-refractivity contribution is 7.10. The van der Waals surface area contributed by atoms with Gasteiger partial charge in [-0.15, -0.1) is 11.3 Å². The van der Waals surface area contributed by atoms with Gasteiger partial charge in [-0.25, -0.2) is 4.39 Å². The van der Waals surface area contributed by atoms with Gasteiger partial charge in [0.2, 0.25) is 17.7 Å². The first-order chi connectivity index (χ1) is 18.1. The third kappa shape index (κ3) is 7.99. The molecule has 10 nitrogen and oxygen atoms in total. The Kier molecular flexibility index (Phi) is 10.2. The normalized spacial score (nSPS) is 19.6. The molecule has 0 radical (unpaired) electrons. The summed E-state index contributed by atoms with van der Waals surface area (Å²) in [5, 5.41) is 14.6. The molecule has 3 amide bonds. The van der Waals surface area contributed by atoms with Gasteiger partial charge >= 0.3 is 0 Å². The van der Waals surface area contributed by atoms with E-state index in [9.17, 15) is 14.4 Å². The molecule has 0 aliphatic carbocycles. The lowest BCUT2D eigenvalue weighted by molar-refractivity contribution is -0.139. The van der Waals surface area contributed by atoms with Crippen molar-refractivity contribution in [2.75, 3.05) is 33.4 Å². The van der Waals surface area contributed by atoms with Crippen molar-refractivity contribution >= 4 is 34.9 Å². The molecular weight excluding hydrogens is 513 g/mol. The van der Waals surface area contributed by atoms with Crippen molar-refractivity contribution < 1.29 is 28.2 Å². The van der Waals surface area contributed by atoms with Crippen LogP contribution in [0.5, 0.6) is 5.75 Å². The quantitative estimate of drug-likeness (QED) is 0.172. The fraction of sp³-hybridized carbons (Fsp3) is 0.462. The van der Waals surface area contributed by atoms with Gasteiger partial charge in [0.15, 0.2) is 5.67 Å². The number of methoxy groups -OCH3 is 1. The second-order valence-corrected chi connectivity index (χ2v) is 10.2. The molecular formula is C26H34FN5O5S. The number of amides is 3. The lowest BCUT2D eigenvalue weighted by atomic mass is 10.0. The minimum atomic E-state index is -1.89. The molecule has 206 valence electrons. The van der Waals surface area contributed by atoms with Crippen LogP contribution in [0.15, 0.2) is 41.8 Å². The van der Waals surface area contributed by atoms with Gasteiger partial charge in [0.1, 0.15) is 17.6 Å². The average molecular weight is 548 g/mol. The number of nitrogens with one attached hydrogen (secondary N) is 3. The molecule has 0 saturated carbocycles. The summed E-state index contributed by atoms with van der Waals surface area (Å²) in [5.74, 6) is -0.779. The molecule has 12 heteroatoms. The SMILES string of the molecule is COC[C@@]1(F)C[C@@H](C(=O)N[C@H](C)c2cc(C(=N)N)cs2)N(C(=O)CNC(=O)CCCOc2ccccc2)C1. The number of carbonyl (C=O) groups excluding carboxylic acids is 3. The summed E-state index contributed by atoms with van der Waals surface area (Å²) in [5.41, 5.74) is 4.17. The molecule has 1 aliphatic rings. The second-order valence-electron chi connectivity index (χ2n) is 9.25. The van der Waals surface area contributed by atoms with Crippen LogP contribution in [0.25, 0.3) is 0 Å². The fourth-order valence-corrected chi connectivity index (χ4v) is 5.12. The van der Waals surface area contributed by atoms with E-state index in [0.717, 1.165) is 9.78 Å². The van der Waals surface area contributed by atoms with Gasteiger partial charge in [-0.05, 0) is 31.5 Å². The highest BCUT2D eigenvalue weighted by Gasteiger charge is 2.49. The molecule has 5 N–H and O–H groups in total. The topological polar surface area (TPSA) is 147 Å². The van der Waals surface area contributed by atoms with Crippen molar-refractivity contribution in [3.05, 3.63) is 52.2 Å². The number of hydrogen-bond donors (Lipinski definition) is 4. The van der Waals surface area contributed by atoms with Crippen LogP contribution in [-0.2, 0) is 19.1 Å². The van der Waals surface area contributed by atoms with E-state index in [0.29, 0.717) is 24.3 Å².